The first-order valence-corrected chi connectivity index (χ1v) is 11.1. The van der Waals surface area contributed by atoms with Gasteiger partial charge in [-0.25, -0.2) is 4.39 Å². The van der Waals surface area contributed by atoms with Gasteiger partial charge in [0.15, 0.2) is 0 Å². The molecule has 152 valence electrons. The maximum atomic E-state index is 13.2. The molecule has 0 radical (unpaired) electrons. The van der Waals surface area contributed by atoms with Crippen molar-refractivity contribution in [2.75, 3.05) is 5.88 Å². The molecule has 4 nitrogen and oxygen atoms in total. The number of halogens is 2. The van der Waals surface area contributed by atoms with Crippen LogP contribution < -0.4 is 4.83 Å². The highest BCUT2D eigenvalue weighted by molar-refractivity contribution is 7.89. The van der Waals surface area contributed by atoms with Crippen LogP contribution in [0.15, 0.2) is 34.3 Å². The summed E-state index contributed by atoms with van der Waals surface area (Å²) in [6.07, 6.45) is 1.10. The van der Waals surface area contributed by atoms with E-state index in [1.54, 1.807) is 26.0 Å². The van der Waals surface area contributed by atoms with Crippen molar-refractivity contribution in [3.8, 4) is 0 Å². The summed E-state index contributed by atoms with van der Waals surface area (Å²) in [4.78, 5) is 2.63. The lowest BCUT2D eigenvalue weighted by molar-refractivity contribution is 0.582. The number of hydrogen-bond acceptors (Lipinski definition) is 3. The number of nitrogens with one attached hydrogen (secondary N) is 1. The first-order valence-electron chi connectivity index (χ1n) is 9.07. The number of alkyl halides is 1. The Hall–Kier alpha value is -1.92. The second-order valence-electron chi connectivity index (χ2n) is 6.91. The topological polar surface area (TPSA) is 58.5 Å². The van der Waals surface area contributed by atoms with Crippen LogP contribution in [0.3, 0.4) is 0 Å². The molecule has 0 bridgehead atoms. The highest BCUT2D eigenvalue weighted by Crippen LogP contribution is 2.29. The molecule has 0 amide bonds. The van der Waals surface area contributed by atoms with Crippen LogP contribution in [-0.4, -0.2) is 20.0 Å². The van der Waals surface area contributed by atoms with Crippen molar-refractivity contribution in [2.24, 2.45) is 5.10 Å². The van der Waals surface area contributed by atoms with Crippen molar-refractivity contribution in [3.05, 3.63) is 63.5 Å². The third-order valence-electron chi connectivity index (χ3n) is 5.23. The van der Waals surface area contributed by atoms with E-state index < -0.39 is 10.0 Å². The van der Waals surface area contributed by atoms with Gasteiger partial charge in [0.2, 0.25) is 0 Å². The summed E-state index contributed by atoms with van der Waals surface area (Å²) >= 11 is 5.78. The number of benzene rings is 2. The average Bonchev–Trinajstić information content (AvgIpc) is 2.65. The van der Waals surface area contributed by atoms with Gasteiger partial charge in [-0.1, -0.05) is 12.1 Å². The van der Waals surface area contributed by atoms with Gasteiger partial charge in [0.05, 0.1) is 10.6 Å². The third kappa shape index (κ3) is 4.73. The maximum absolute atomic E-state index is 13.2. The Kier molecular flexibility index (Phi) is 7.23. The molecule has 0 aliphatic rings. The van der Waals surface area contributed by atoms with Crippen LogP contribution in [0.4, 0.5) is 4.39 Å². The summed E-state index contributed by atoms with van der Waals surface area (Å²) in [5.74, 6) is 0.0551. The molecule has 2 rings (SSSR count). The molecule has 0 spiro atoms. The minimum atomic E-state index is -3.86. The van der Waals surface area contributed by atoms with Gasteiger partial charge in [-0.3, -0.25) is 0 Å². The largest absolute Gasteiger partial charge is 0.277 e. The average molecular weight is 425 g/mol. The number of hydrazone groups is 1. The fourth-order valence-corrected chi connectivity index (χ4v) is 4.74. The van der Waals surface area contributed by atoms with Gasteiger partial charge in [0.1, 0.15) is 5.82 Å². The minimum Gasteiger partial charge on any atom is -0.207 e. The zero-order chi connectivity index (χ0) is 21.1. The first-order chi connectivity index (χ1) is 13.1. The molecule has 28 heavy (non-hydrogen) atoms. The predicted octanol–water partition coefficient (Wildman–Crippen LogP) is 5.07. The van der Waals surface area contributed by atoms with E-state index in [1.165, 1.54) is 12.1 Å². The van der Waals surface area contributed by atoms with Crippen molar-refractivity contribution in [2.45, 2.75) is 52.4 Å². The molecular weight excluding hydrogens is 399 g/mol. The molecule has 0 saturated heterocycles. The molecular formula is C21H26ClFN2O2S. The number of nitrogens with zero attached hydrogens (tertiary/aromatic N) is 1. The zero-order valence-corrected chi connectivity index (χ0v) is 18.4. The quantitative estimate of drug-likeness (QED) is 0.383. The van der Waals surface area contributed by atoms with Gasteiger partial charge in [-0.2, -0.15) is 18.4 Å². The van der Waals surface area contributed by atoms with Gasteiger partial charge < -0.3 is 0 Å². The van der Waals surface area contributed by atoms with Gasteiger partial charge >= 0.3 is 0 Å². The SMILES string of the molecule is Cc1c(C)c(C)c(S(=O)(=O)N/N=C(\CCCCl)c2ccc(F)cc2)c(C)c1C. The summed E-state index contributed by atoms with van der Waals surface area (Å²) in [7, 11) is -3.86. The summed E-state index contributed by atoms with van der Waals surface area (Å²) in [6, 6.07) is 5.79. The molecule has 0 aliphatic heterocycles. The molecule has 0 aromatic heterocycles. The van der Waals surface area contributed by atoms with E-state index in [2.05, 4.69) is 9.93 Å². The highest BCUT2D eigenvalue weighted by atomic mass is 35.5. The van der Waals surface area contributed by atoms with Crippen LogP contribution in [0.2, 0.25) is 0 Å². The standard InChI is InChI=1S/C21H26ClFN2O2S/c1-13-14(2)16(4)21(17(5)15(13)3)28(26,27)25-24-20(7-6-12-22)18-8-10-19(23)11-9-18/h8-11,25H,6-7,12H2,1-5H3/b24-20+. The molecule has 0 unspecified atom stereocenters. The maximum Gasteiger partial charge on any atom is 0.277 e. The lowest BCUT2D eigenvalue weighted by atomic mass is 9.95. The minimum absolute atomic E-state index is 0.257. The Morgan fingerprint density at radius 2 is 1.46 bits per heavy atom. The number of sulfonamides is 1. The van der Waals surface area contributed by atoms with Gasteiger partial charge in [0, 0.05) is 5.88 Å². The van der Waals surface area contributed by atoms with E-state index in [4.69, 9.17) is 11.6 Å². The Balaban J connectivity index is 2.47. The lowest BCUT2D eigenvalue weighted by Crippen LogP contribution is -2.23. The van der Waals surface area contributed by atoms with Crippen LogP contribution in [-0.2, 0) is 10.0 Å². The van der Waals surface area contributed by atoms with E-state index in [-0.39, 0.29) is 10.7 Å². The van der Waals surface area contributed by atoms with Crippen LogP contribution in [0.5, 0.6) is 0 Å². The first kappa shape index (κ1) is 22.4. The lowest BCUT2D eigenvalue weighted by Gasteiger charge is -2.18. The summed E-state index contributed by atoms with van der Waals surface area (Å²) in [5.41, 5.74) is 5.59. The van der Waals surface area contributed by atoms with Crippen molar-refractivity contribution in [1.82, 2.24) is 4.83 Å². The Morgan fingerprint density at radius 1 is 0.964 bits per heavy atom. The Labute approximate surface area is 171 Å². The molecule has 0 fully saturated rings. The zero-order valence-electron chi connectivity index (χ0n) is 16.9. The molecule has 1 N–H and O–H groups in total. The van der Waals surface area contributed by atoms with Crippen molar-refractivity contribution in [1.29, 1.82) is 0 Å². The normalized spacial score (nSPS) is 12.3. The van der Waals surface area contributed by atoms with E-state index in [0.29, 0.717) is 41.1 Å². The molecule has 7 heteroatoms. The van der Waals surface area contributed by atoms with E-state index in [9.17, 15) is 12.8 Å². The molecule has 2 aromatic carbocycles. The third-order valence-corrected chi connectivity index (χ3v) is 6.97. The Morgan fingerprint density at radius 3 is 1.96 bits per heavy atom. The van der Waals surface area contributed by atoms with Crippen molar-refractivity contribution >= 4 is 27.3 Å². The molecule has 0 aliphatic carbocycles. The van der Waals surface area contributed by atoms with Gasteiger partial charge in [-0.05, 0) is 93.0 Å². The van der Waals surface area contributed by atoms with Crippen molar-refractivity contribution < 1.29 is 12.8 Å². The fourth-order valence-electron chi connectivity index (χ4n) is 3.17. The van der Waals surface area contributed by atoms with E-state index in [0.717, 1.165) is 16.7 Å². The van der Waals surface area contributed by atoms with Crippen molar-refractivity contribution in [3.63, 3.8) is 0 Å². The van der Waals surface area contributed by atoms with Crippen LogP contribution in [0, 0.1) is 40.4 Å². The second kappa shape index (κ2) is 9.05. The van der Waals surface area contributed by atoms with Crippen LogP contribution >= 0.6 is 11.6 Å². The smallest absolute Gasteiger partial charge is 0.207 e. The fraction of sp³-hybridized carbons (Fsp3) is 0.381. The second-order valence-corrected chi connectivity index (χ2v) is 8.88. The Bertz CT molecular complexity index is 971. The summed E-state index contributed by atoms with van der Waals surface area (Å²) in [6.45, 7) is 9.45. The predicted molar refractivity (Wildman–Crippen MR) is 113 cm³/mol. The highest BCUT2D eigenvalue weighted by Gasteiger charge is 2.23. The molecule has 0 saturated carbocycles. The van der Waals surface area contributed by atoms with E-state index >= 15 is 0 Å². The molecule has 0 atom stereocenters. The van der Waals surface area contributed by atoms with Gasteiger partial charge in [0.25, 0.3) is 10.0 Å². The monoisotopic (exact) mass is 424 g/mol. The van der Waals surface area contributed by atoms with Crippen LogP contribution in [0.1, 0.15) is 46.2 Å². The summed E-state index contributed by atoms with van der Waals surface area (Å²) < 4.78 is 39.3. The summed E-state index contributed by atoms with van der Waals surface area (Å²) in [5, 5.41) is 4.17. The number of rotatable bonds is 7. The molecule has 2 aromatic rings. The van der Waals surface area contributed by atoms with Crippen LogP contribution in [0.25, 0.3) is 0 Å². The number of hydrogen-bond donors (Lipinski definition) is 1. The van der Waals surface area contributed by atoms with Gasteiger partial charge in [-0.15, -0.1) is 11.6 Å². The molecule has 0 heterocycles. The van der Waals surface area contributed by atoms with E-state index in [1.807, 2.05) is 20.8 Å².